The van der Waals surface area contributed by atoms with Crippen LogP contribution < -0.4 is 4.90 Å². The van der Waals surface area contributed by atoms with Gasteiger partial charge in [0.15, 0.2) is 0 Å². The fourth-order valence-electron chi connectivity index (χ4n) is 2.95. The predicted molar refractivity (Wildman–Crippen MR) is 95.3 cm³/mol. The molecule has 2 aromatic rings. The maximum absolute atomic E-state index is 13.0. The highest BCUT2D eigenvalue weighted by Crippen LogP contribution is 2.27. The Bertz CT molecular complexity index is 695. The largest absolute Gasteiger partial charge is 0.338 e. The second-order valence-electron chi connectivity index (χ2n) is 6.46. The van der Waals surface area contributed by atoms with E-state index in [1.165, 1.54) is 0 Å². The van der Waals surface area contributed by atoms with Crippen molar-refractivity contribution in [1.29, 1.82) is 0 Å². The molecule has 1 amide bonds. The van der Waals surface area contributed by atoms with Crippen molar-refractivity contribution in [1.82, 2.24) is 14.9 Å². The van der Waals surface area contributed by atoms with Crippen molar-refractivity contribution in [2.45, 2.75) is 19.3 Å². The summed E-state index contributed by atoms with van der Waals surface area (Å²) < 4.78 is 0. The molecule has 0 radical (unpaired) electrons. The van der Waals surface area contributed by atoms with Crippen molar-refractivity contribution >= 4 is 23.5 Å². The summed E-state index contributed by atoms with van der Waals surface area (Å²) in [6.07, 6.45) is 3.48. The van der Waals surface area contributed by atoms with Crippen LogP contribution in [0.25, 0.3) is 0 Å². The molecule has 6 heteroatoms. The Kier molecular flexibility index (Phi) is 4.71. The number of halogens is 1. The summed E-state index contributed by atoms with van der Waals surface area (Å²) in [5.41, 5.74) is 0.404. The molecule has 1 aliphatic rings. The molecule has 1 aliphatic heterocycles. The number of rotatable bonds is 3. The van der Waals surface area contributed by atoms with Gasteiger partial charge in [0.25, 0.3) is 0 Å². The first-order chi connectivity index (χ1) is 11.5. The van der Waals surface area contributed by atoms with Crippen molar-refractivity contribution in [3.05, 3.63) is 53.3 Å². The number of piperazine rings is 1. The number of nitrogens with zero attached hydrogens (tertiary/aromatic N) is 4. The topological polar surface area (TPSA) is 49.3 Å². The molecule has 0 unspecified atom stereocenters. The first-order valence-electron chi connectivity index (χ1n) is 8.06. The molecule has 0 bridgehead atoms. The van der Waals surface area contributed by atoms with Gasteiger partial charge in [-0.2, -0.15) is 0 Å². The molecule has 0 atom stereocenters. The zero-order valence-electron chi connectivity index (χ0n) is 13.9. The molecule has 1 aromatic heterocycles. The Balaban J connectivity index is 1.67. The first-order valence-corrected chi connectivity index (χ1v) is 8.43. The molecule has 1 saturated heterocycles. The van der Waals surface area contributed by atoms with E-state index in [-0.39, 0.29) is 5.91 Å². The molecule has 0 N–H and O–H groups in total. The van der Waals surface area contributed by atoms with Gasteiger partial charge >= 0.3 is 0 Å². The third-order valence-electron chi connectivity index (χ3n) is 4.50. The Morgan fingerprint density at radius 3 is 2.21 bits per heavy atom. The number of hydrogen-bond acceptors (Lipinski definition) is 4. The number of aromatic nitrogens is 2. The molecule has 126 valence electrons. The molecule has 1 fully saturated rings. The van der Waals surface area contributed by atoms with E-state index in [2.05, 4.69) is 14.9 Å². The number of carbonyl (C=O) groups is 1. The third-order valence-corrected chi connectivity index (χ3v) is 4.75. The minimum Gasteiger partial charge on any atom is -0.338 e. The lowest BCUT2D eigenvalue weighted by Crippen LogP contribution is -2.53. The number of anilines is 1. The number of hydrogen-bond donors (Lipinski definition) is 0. The van der Waals surface area contributed by atoms with Crippen LogP contribution in [-0.4, -0.2) is 47.0 Å². The molecule has 0 spiro atoms. The van der Waals surface area contributed by atoms with E-state index in [1.54, 1.807) is 18.5 Å². The van der Waals surface area contributed by atoms with Crippen LogP contribution in [0.2, 0.25) is 5.02 Å². The van der Waals surface area contributed by atoms with Gasteiger partial charge in [-0.3, -0.25) is 4.79 Å². The van der Waals surface area contributed by atoms with Gasteiger partial charge < -0.3 is 9.80 Å². The molecule has 1 aromatic carbocycles. The van der Waals surface area contributed by atoms with Gasteiger partial charge in [-0.05, 0) is 37.6 Å². The average molecular weight is 345 g/mol. The fourth-order valence-corrected chi connectivity index (χ4v) is 3.08. The number of benzene rings is 1. The van der Waals surface area contributed by atoms with Gasteiger partial charge in [-0.1, -0.05) is 23.7 Å². The van der Waals surface area contributed by atoms with Crippen LogP contribution in [-0.2, 0) is 10.2 Å². The van der Waals surface area contributed by atoms with Crippen LogP contribution in [0, 0.1) is 0 Å². The van der Waals surface area contributed by atoms with Crippen LogP contribution in [0.15, 0.2) is 42.7 Å². The van der Waals surface area contributed by atoms with Crippen molar-refractivity contribution in [3.63, 3.8) is 0 Å². The van der Waals surface area contributed by atoms with Crippen LogP contribution in [0.4, 0.5) is 5.95 Å². The van der Waals surface area contributed by atoms with E-state index in [0.717, 1.165) is 24.6 Å². The standard InChI is InChI=1S/C18H21ClN4O/c1-18(2,14-4-6-15(19)7-5-14)16(24)22-10-12-23(13-11-22)17-20-8-3-9-21-17/h3-9H,10-13H2,1-2H3. The Hall–Kier alpha value is -2.14. The van der Waals surface area contributed by atoms with Gasteiger partial charge in [0.2, 0.25) is 11.9 Å². The minimum absolute atomic E-state index is 0.137. The lowest BCUT2D eigenvalue weighted by atomic mass is 9.83. The van der Waals surface area contributed by atoms with Gasteiger partial charge in [-0.15, -0.1) is 0 Å². The van der Waals surface area contributed by atoms with E-state index >= 15 is 0 Å². The molecule has 2 heterocycles. The SMILES string of the molecule is CC(C)(C(=O)N1CCN(c2ncccn2)CC1)c1ccc(Cl)cc1. The maximum atomic E-state index is 13.0. The zero-order chi connectivity index (χ0) is 17.2. The summed E-state index contributed by atoms with van der Waals surface area (Å²) in [6, 6.07) is 9.31. The average Bonchev–Trinajstić information content (AvgIpc) is 2.62. The Labute approximate surface area is 147 Å². The summed E-state index contributed by atoms with van der Waals surface area (Å²) in [4.78, 5) is 25.6. The van der Waals surface area contributed by atoms with Gasteiger partial charge in [0.05, 0.1) is 5.41 Å². The summed E-state index contributed by atoms with van der Waals surface area (Å²) in [5.74, 6) is 0.861. The van der Waals surface area contributed by atoms with E-state index in [1.807, 2.05) is 43.0 Å². The normalized spacial score (nSPS) is 15.5. The van der Waals surface area contributed by atoms with Crippen molar-refractivity contribution in [2.24, 2.45) is 0 Å². The number of amides is 1. The molecule has 5 nitrogen and oxygen atoms in total. The highest BCUT2D eigenvalue weighted by atomic mass is 35.5. The van der Waals surface area contributed by atoms with E-state index < -0.39 is 5.41 Å². The second kappa shape index (κ2) is 6.77. The molecular formula is C18H21ClN4O. The predicted octanol–water partition coefficient (Wildman–Crippen LogP) is 2.76. The fraction of sp³-hybridized carbons (Fsp3) is 0.389. The lowest BCUT2D eigenvalue weighted by Gasteiger charge is -2.38. The Morgan fingerprint density at radius 1 is 1.04 bits per heavy atom. The first kappa shape index (κ1) is 16.7. The van der Waals surface area contributed by atoms with Crippen LogP contribution in [0.3, 0.4) is 0 Å². The van der Waals surface area contributed by atoms with Gasteiger partial charge in [0.1, 0.15) is 0 Å². The highest BCUT2D eigenvalue weighted by molar-refractivity contribution is 6.30. The molecule has 0 saturated carbocycles. The lowest BCUT2D eigenvalue weighted by molar-refractivity contribution is -0.136. The molecular weight excluding hydrogens is 324 g/mol. The molecule has 0 aliphatic carbocycles. The third kappa shape index (κ3) is 3.36. The number of carbonyl (C=O) groups excluding carboxylic acids is 1. The summed E-state index contributed by atoms with van der Waals surface area (Å²) in [5, 5.41) is 0.679. The highest BCUT2D eigenvalue weighted by Gasteiger charge is 2.35. The van der Waals surface area contributed by atoms with Crippen molar-refractivity contribution in [2.75, 3.05) is 31.1 Å². The Morgan fingerprint density at radius 2 is 1.62 bits per heavy atom. The maximum Gasteiger partial charge on any atom is 0.232 e. The van der Waals surface area contributed by atoms with E-state index in [0.29, 0.717) is 18.1 Å². The summed E-state index contributed by atoms with van der Waals surface area (Å²) in [7, 11) is 0. The van der Waals surface area contributed by atoms with Crippen LogP contribution in [0.1, 0.15) is 19.4 Å². The van der Waals surface area contributed by atoms with Crippen molar-refractivity contribution in [3.8, 4) is 0 Å². The minimum atomic E-state index is -0.573. The summed E-state index contributed by atoms with van der Waals surface area (Å²) >= 11 is 5.95. The van der Waals surface area contributed by atoms with Gasteiger partial charge in [-0.25, -0.2) is 9.97 Å². The smallest absolute Gasteiger partial charge is 0.232 e. The summed E-state index contributed by atoms with van der Waals surface area (Å²) in [6.45, 7) is 6.76. The zero-order valence-corrected chi connectivity index (χ0v) is 14.7. The van der Waals surface area contributed by atoms with Crippen LogP contribution >= 0.6 is 11.6 Å². The van der Waals surface area contributed by atoms with Crippen molar-refractivity contribution < 1.29 is 4.79 Å². The second-order valence-corrected chi connectivity index (χ2v) is 6.90. The monoisotopic (exact) mass is 344 g/mol. The van der Waals surface area contributed by atoms with Crippen LogP contribution in [0.5, 0.6) is 0 Å². The van der Waals surface area contributed by atoms with E-state index in [9.17, 15) is 4.79 Å². The van der Waals surface area contributed by atoms with E-state index in [4.69, 9.17) is 11.6 Å². The molecule has 3 rings (SSSR count). The quantitative estimate of drug-likeness (QED) is 0.859. The molecule has 24 heavy (non-hydrogen) atoms. The van der Waals surface area contributed by atoms with Gasteiger partial charge in [0, 0.05) is 43.6 Å².